The first-order chi connectivity index (χ1) is 7.60. The van der Waals surface area contributed by atoms with Gasteiger partial charge in [0, 0.05) is 5.56 Å². The molecule has 0 aliphatic rings. The molecule has 0 amide bonds. The van der Waals surface area contributed by atoms with Gasteiger partial charge >= 0.3 is 5.97 Å². The Morgan fingerprint density at radius 2 is 2.25 bits per heavy atom. The van der Waals surface area contributed by atoms with Crippen LogP contribution in [0, 0.1) is 24.1 Å². The molecule has 0 unspecified atom stereocenters. The molecule has 0 radical (unpaired) electrons. The van der Waals surface area contributed by atoms with E-state index in [2.05, 4.69) is 0 Å². The summed E-state index contributed by atoms with van der Waals surface area (Å²) in [5, 5.41) is 8.76. The van der Waals surface area contributed by atoms with E-state index in [1.807, 2.05) is 0 Å². The highest BCUT2D eigenvalue weighted by molar-refractivity contribution is 5.72. The Labute approximate surface area is 93.5 Å². The van der Waals surface area contributed by atoms with E-state index >= 15 is 0 Å². The Morgan fingerprint density at radius 1 is 1.56 bits per heavy atom. The Bertz CT molecular complexity index is 449. The summed E-state index contributed by atoms with van der Waals surface area (Å²) in [7, 11) is 0. The van der Waals surface area contributed by atoms with Crippen LogP contribution in [0.5, 0.6) is 0 Å². The number of nitriles is 1. The third-order valence-electron chi connectivity index (χ3n) is 2.18. The van der Waals surface area contributed by atoms with Crippen LogP contribution in [-0.4, -0.2) is 12.6 Å². The van der Waals surface area contributed by atoms with Crippen LogP contribution < -0.4 is 0 Å². The van der Waals surface area contributed by atoms with Gasteiger partial charge in [-0.25, -0.2) is 4.39 Å². The van der Waals surface area contributed by atoms with Gasteiger partial charge in [-0.3, -0.25) is 4.79 Å². The van der Waals surface area contributed by atoms with Gasteiger partial charge in [-0.1, -0.05) is 12.1 Å². The molecule has 0 saturated carbocycles. The number of nitrogens with zero attached hydrogens (tertiary/aromatic N) is 1. The Morgan fingerprint density at radius 3 is 2.81 bits per heavy atom. The van der Waals surface area contributed by atoms with Crippen molar-refractivity contribution in [3.63, 3.8) is 0 Å². The molecule has 3 nitrogen and oxygen atoms in total. The molecule has 1 aromatic rings. The number of aryl methyl sites for hydroxylation is 1. The maximum atomic E-state index is 13.7. The van der Waals surface area contributed by atoms with E-state index in [-0.39, 0.29) is 24.2 Å². The molecule has 4 heteroatoms. The molecule has 0 fully saturated rings. The largest absolute Gasteiger partial charge is 0.466 e. The van der Waals surface area contributed by atoms with Gasteiger partial charge in [0.25, 0.3) is 0 Å². The molecule has 0 bridgehead atoms. The zero-order valence-corrected chi connectivity index (χ0v) is 9.21. The van der Waals surface area contributed by atoms with Crippen LogP contribution >= 0.6 is 0 Å². The maximum Gasteiger partial charge on any atom is 0.310 e. The minimum Gasteiger partial charge on any atom is -0.466 e. The second kappa shape index (κ2) is 5.26. The molecule has 0 aromatic heterocycles. The topological polar surface area (TPSA) is 50.1 Å². The predicted molar refractivity (Wildman–Crippen MR) is 56.2 cm³/mol. The molecule has 84 valence electrons. The summed E-state index contributed by atoms with van der Waals surface area (Å²) in [4.78, 5) is 11.2. The first-order valence-electron chi connectivity index (χ1n) is 4.93. The molecule has 0 aliphatic heterocycles. The molecule has 0 atom stereocenters. The third kappa shape index (κ3) is 2.57. The molecular weight excluding hydrogens is 209 g/mol. The van der Waals surface area contributed by atoms with Crippen LogP contribution in [0.2, 0.25) is 0 Å². The lowest BCUT2D eigenvalue weighted by Crippen LogP contribution is -2.09. The van der Waals surface area contributed by atoms with Gasteiger partial charge in [0.2, 0.25) is 0 Å². The number of carbonyl (C=O) groups is 1. The van der Waals surface area contributed by atoms with E-state index in [9.17, 15) is 9.18 Å². The Hall–Kier alpha value is -1.89. The highest BCUT2D eigenvalue weighted by Crippen LogP contribution is 2.17. The van der Waals surface area contributed by atoms with E-state index in [1.165, 1.54) is 6.07 Å². The van der Waals surface area contributed by atoms with Gasteiger partial charge in [0.05, 0.1) is 18.6 Å². The fourth-order valence-corrected chi connectivity index (χ4v) is 1.36. The zero-order valence-electron chi connectivity index (χ0n) is 9.21. The quantitative estimate of drug-likeness (QED) is 0.734. The van der Waals surface area contributed by atoms with Crippen LogP contribution in [0.3, 0.4) is 0 Å². The van der Waals surface area contributed by atoms with Gasteiger partial charge in [-0.05, 0) is 19.4 Å². The van der Waals surface area contributed by atoms with Crippen molar-refractivity contribution in [3.8, 4) is 6.07 Å². The highest BCUT2D eigenvalue weighted by atomic mass is 19.1. The average molecular weight is 221 g/mol. The lowest BCUT2D eigenvalue weighted by atomic mass is 10.0. The van der Waals surface area contributed by atoms with Crippen molar-refractivity contribution in [3.05, 3.63) is 34.6 Å². The second-order valence-electron chi connectivity index (χ2n) is 3.32. The van der Waals surface area contributed by atoms with Crippen molar-refractivity contribution in [2.24, 2.45) is 0 Å². The SMILES string of the molecule is CCOC(=O)Cc1ccc(C)c(C#N)c1F. The highest BCUT2D eigenvalue weighted by Gasteiger charge is 2.14. The van der Waals surface area contributed by atoms with Crippen molar-refractivity contribution in [2.75, 3.05) is 6.61 Å². The smallest absolute Gasteiger partial charge is 0.310 e. The number of esters is 1. The van der Waals surface area contributed by atoms with E-state index < -0.39 is 11.8 Å². The summed E-state index contributed by atoms with van der Waals surface area (Å²) in [5.74, 6) is -1.12. The van der Waals surface area contributed by atoms with Crippen molar-refractivity contribution < 1.29 is 13.9 Å². The van der Waals surface area contributed by atoms with Gasteiger partial charge in [-0.15, -0.1) is 0 Å². The zero-order chi connectivity index (χ0) is 12.1. The van der Waals surface area contributed by atoms with E-state index in [0.717, 1.165) is 0 Å². The van der Waals surface area contributed by atoms with Gasteiger partial charge < -0.3 is 4.74 Å². The first kappa shape index (κ1) is 12.2. The molecule has 0 aliphatic carbocycles. The van der Waals surface area contributed by atoms with Gasteiger partial charge in [0.1, 0.15) is 11.9 Å². The van der Waals surface area contributed by atoms with Crippen molar-refractivity contribution >= 4 is 5.97 Å². The average Bonchev–Trinajstić information content (AvgIpc) is 2.23. The molecule has 1 rings (SSSR count). The van der Waals surface area contributed by atoms with Crippen LogP contribution in [0.25, 0.3) is 0 Å². The number of hydrogen-bond acceptors (Lipinski definition) is 3. The van der Waals surface area contributed by atoms with Crippen molar-refractivity contribution in [2.45, 2.75) is 20.3 Å². The third-order valence-corrected chi connectivity index (χ3v) is 2.18. The Balaban J connectivity index is 2.99. The fraction of sp³-hybridized carbons (Fsp3) is 0.333. The summed E-state index contributed by atoms with van der Waals surface area (Å²) >= 11 is 0. The molecule has 0 spiro atoms. The molecule has 1 aromatic carbocycles. The monoisotopic (exact) mass is 221 g/mol. The van der Waals surface area contributed by atoms with Crippen LogP contribution in [-0.2, 0) is 16.0 Å². The predicted octanol–water partition coefficient (Wildman–Crippen LogP) is 2.11. The molecule has 0 N–H and O–H groups in total. The lowest BCUT2D eigenvalue weighted by Gasteiger charge is -2.06. The number of rotatable bonds is 3. The minimum absolute atomic E-state index is 0.0122. The van der Waals surface area contributed by atoms with Crippen LogP contribution in [0.4, 0.5) is 4.39 Å². The minimum atomic E-state index is -0.629. The maximum absolute atomic E-state index is 13.7. The summed E-state index contributed by atoms with van der Waals surface area (Å²) in [6, 6.07) is 4.91. The number of hydrogen-bond donors (Lipinski definition) is 0. The van der Waals surface area contributed by atoms with Crippen LogP contribution in [0.15, 0.2) is 12.1 Å². The van der Waals surface area contributed by atoms with Crippen molar-refractivity contribution in [1.29, 1.82) is 5.26 Å². The number of carbonyl (C=O) groups excluding carboxylic acids is 1. The second-order valence-corrected chi connectivity index (χ2v) is 3.32. The lowest BCUT2D eigenvalue weighted by molar-refractivity contribution is -0.142. The molecule has 0 saturated heterocycles. The number of halogens is 1. The normalized spacial score (nSPS) is 9.62. The summed E-state index contributed by atoms with van der Waals surface area (Å²) in [6.07, 6.45) is -0.144. The van der Waals surface area contributed by atoms with Gasteiger partial charge in [0.15, 0.2) is 0 Å². The van der Waals surface area contributed by atoms with Gasteiger partial charge in [-0.2, -0.15) is 5.26 Å². The molecular formula is C12H12FNO2. The number of benzene rings is 1. The van der Waals surface area contributed by atoms with E-state index in [1.54, 1.807) is 26.0 Å². The molecule has 16 heavy (non-hydrogen) atoms. The Kier molecular flexibility index (Phi) is 4.01. The summed E-state index contributed by atoms with van der Waals surface area (Å²) in [5.41, 5.74) is 0.745. The van der Waals surface area contributed by atoms with Crippen LogP contribution in [0.1, 0.15) is 23.6 Å². The van der Waals surface area contributed by atoms with E-state index in [0.29, 0.717) is 5.56 Å². The number of ether oxygens (including phenoxy) is 1. The molecule has 0 heterocycles. The van der Waals surface area contributed by atoms with E-state index in [4.69, 9.17) is 10.00 Å². The fourth-order valence-electron chi connectivity index (χ4n) is 1.36. The van der Waals surface area contributed by atoms with Crippen molar-refractivity contribution in [1.82, 2.24) is 0 Å². The standard InChI is InChI=1S/C12H12FNO2/c1-3-16-11(15)6-9-5-4-8(2)10(7-14)12(9)13/h4-5H,3,6H2,1-2H3. The summed E-state index contributed by atoms with van der Waals surface area (Å²) < 4.78 is 18.4. The summed E-state index contributed by atoms with van der Waals surface area (Å²) in [6.45, 7) is 3.59. The first-order valence-corrected chi connectivity index (χ1v) is 4.93.